The number of hydrogen-bond donors (Lipinski definition) is 2. The van der Waals surface area contributed by atoms with Gasteiger partial charge in [0.25, 0.3) is 5.95 Å². The van der Waals surface area contributed by atoms with E-state index in [0.717, 1.165) is 45.0 Å². The largest absolute Gasteiger partial charge is 0.416 e. The highest BCUT2D eigenvalue weighted by Gasteiger charge is 2.38. The van der Waals surface area contributed by atoms with Crippen LogP contribution in [-0.2, 0) is 50.4 Å². The Hall–Kier alpha value is -3.73. The maximum Gasteiger partial charge on any atom is 0.416 e. The molecule has 0 saturated carbocycles. The van der Waals surface area contributed by atoms with Gasteiger partial charge in [-0.3, -0.25) is 0 Å². The van der Waals surface area contributed by atoms with Crippen LogP contribution in [0, 0.1) is 6.92 Å². The van der Waals surface area contributed by atoms with E-state index in [4.69, 9.17) is 4.74 Å². The quantitative estimate of drug-likeness (QED) is 0.178. The summed E-state index contributed by atoms with van der Waals surface area (Å²) in [7, 11) is 1.52. The van der Waals surface area contributed by atoms with E-state index in [1.165, 1.54) is 23.2 Å². The minimum atomic E-state index is -4.99. The van der Waals surface area contributed by atoms with Gasteiger partial charge in [0.1, 0.15) is 0 Å². The van der Waals surface area contributed by atoms with Crippen molar-refractivity contribution in [3.8, 4) is 0 Å². The second-order valence-corrected chi connectivity index (χ2v) is 12.6. The lowest BCUT2D eigenvalue weighted by molar-refractivity contribution is -0.143. The molecule has 0 radical (unpaired) electrons. The van der Waals surface area contributed by atoms with Gasteiger partial charge in [-0.25, -0.2) is 0 Å². The fourth-order valence-electron chi connectivity index (χ4n) is 6.26. The summed E-state index contributed by atoms with van der Waals surface area (Å²) in [6, 6.07) is 6.52. The molecule has 2 aliphatic rings. The highest BCUT2D eigenvalue weighted by molar-refractivity contribution is 7.12. The average Bonchev–Trinajstić information content (AvgIpc) is 3.72. The standard InChI is InChI=1S/C30H30F6N6O3S/c1-16-23-15-45-14-18(23)10-22-24(4-3-7-41(26(16)22)13-21-5-6-25(46-21)27(43)44)42(28-37-39-40(2)38-28)12-17-8-19(29(31,32)33)11-20(9-17)30(34,35)36/h5-6,8-11,24,27,43-44H,3-4,7,12-15H2,1-2H3/t24-/m0/s1. The van der Waals surface area contributed by atoms with Crippen molar-refractivity contribution in [2.45, 2.75) is 70.8 Å². The molecule has 46 heavy (non-hydrogen) atoms. The monoisotopic (exact) mass is 668 g/mol. The number of halogens is 6. The molecule has 0 aliphatic carbocycles. The van der Waals surface area contributed by atoms with Crippen LogP contribution in [0.25, 0.3) is 0 Å². The van der Waals surface area contributed by atoms with Crippen LogP contribution in [-0.4, -0.2) is 37.0 Å². The first-order chi connectivity index (χ1) is 21.7. The van der Waals surface area contributed by atoms with Crippen molar-refractivity contribution < 1.29 is 41.3 Å². The molecule has 4 heterocycles. The molecule has 4 aromatic rings. The fraction of sp³-hybridized carbons (Fsp3) is 0.433. The van der Waals surface area contributed by atoms with Crippen molar-refractivity contribution in [2.24, 2.45) is 7.05 Å². The summed E-state index contributed by atoms with van der Waals surface area (Å²) >= 11 is 1.27. The van der Waals surface area contributed by atoms with Crippen LogP contribution in [0.4, 0.5) is 38.0 Å². The first-order valence-electron chi connectivity index (χ1n) is 14.4. The Balaban J connectivity index is 1.47. The molecule has 2 aromatic carbocycles. The molecule has 2 aliphatic heterocycles. The van der Waals surface area contributed by atoms with Crippen LogP contribution in [0.2, 0.25) is 0 Å². The average molecular weight is 669 g/mol. The van der Waals surface area contributed by atoms with E-state index in [1.54, 1.807) is 11.0 Å². The van der Waals surface area contributed by atoms with Gasteiger partial charge in [0.05, 0.1) is 48.9 Å². The number of rotatable bonds is 7. The molecule has 0 unspecified atom stereocenters. The lowest BCUT2D eigenvalue weighted by Crippen LogP contribution is -2.30. The minimum absolute atomic E-state index is 0.0621. The molecule has 246 valence electrons. The first-order valence-corrected chi connectivity index (χ1v) is 15.2. The van der Waals surface area contributed by atoms with E-state index in [1.807, 2.05) is 19.1 Å². The number of benzene rings is 2. The number of fused-ring (bicyclic) bond motifs is 2. The molecule has 9 nitrogen and oxygen atoms in total. The Bertz CT molecular complexity index is 1700. The summed E-state index contributed by atoms with van der Waals surface area (Å²) in [5.41, 5.74) is 1.63. The first kappa shape index (κ1) is 32.2. The second kappa shape index (κ2) is 12.1. The Kier molecular flexibility index (Phi) is 8.50. The summed E-state index contributed by atoms with van der Waals surface area (Å²) in [6.45, 7) is 3.44. The molecule has 2 aromatic heterocycles. The molecule has 1 atom stereocenters. The zero-order chi connectivity index (χ0) is 33.0. The number of anilines is 2. The molecule has 0 fully saturated rings. The lowest BCUT2D eigenvalue weighted by atomic mass is 9.91. The normalized spacial score (nSPS) is 16.9. The van der Waals surface area contributed by atoms with Crippen molar-refractivity contribution in [1.29, 1.82) is 0 Å². The van der Waals surface area contributed by atoms with Gasteiger partial charge in [0, 0.05) is 23.7 Å². The number of tetrazole rings is 1. The van der Waals surface area contributed by atoms with Crippen molar-refractivity contribution >= 4 is 23.0 Å². The number of alkyl halides is 6. The van der Waals surface area contributed by atoms with Crippen molar-refractivity contribution in [1.82, 2.24) is 20.2 Å². The van der Waals surface area contributed by atoms with E-state index < -0.39 is 35.8 Å². The minimum Gasteiger partial charge on any atom is -0.372 e. The van der Waals surface area contributed by atoms with E-state index in [0.29, 0.717) is 44.0 Å². The number of hydrogen-bond acceptors (Lipinski definition) is 9. The van der Waals surface area contributed by atoms with Gasteiger partial charge in [-0.2, -0.15) is 31.1 Å². The number of nitrogens with zero attached hydrogens (tertiary/aromatic N) is 6. The number of aliphatic hydroxyl groups is 2. The Labute approximate surface area is 263 Å². The van der Waals surface area contributed by atoms with Crippen LogP contribution in [0.1, 0.15) is 73.9 Å². The predicted octanol–water partition coefficient (Wildman–Crippen LogP) is 6.18. The van der Waals surface area contributed by atoms with Crippen molar-refractivity contribution in [3.63, 3.8) is 0 Å². The summed E-state index contributed by atoms with van der Waals surface area (Å²) in [5, 5.41) is 31.6. The highest BCUT2D eigenvalue weighted by Crippen LogP contribution is 2.45. The maximum absolute atomic E-state index is 13.8. The van der Waals surface area contributed by atoms with Crippen LogP contribution in [0.15, 0.2) is 36.4 Å². The molecule has 0 saturated heterocycles. The topological polar surface area (TPSA) is 99.8 Å². The van der Waals surface area contributed by atoms with Gasteiger partial charge in [-0.05, 0) is 89.2 Å². The Morgan fingerprint density at radius 3 is 2.37 bits per heavy atom. The predicted molar refractivity (Wildman–Crippen MR) is 156 cm³/mol. The van der Waals surface area contributed by atoms with E-state index in [2.05, 4.69) is 20.3 Å². The molecular weight excluding hydrogens is 638 g/mol. The van der Waals surface area contributed by atoms with Crippen LogP contribution in [0.3, 0.4) is 0 Å². The number of thiophene rings is 1. The molecule has 6 rings (SSSR count). The smallest absolute Gasteiger partial charge is 0.372 e. The van der Waals surface area contributed by atoms with E-state index >= 15 is 0 Å². The van der Waals surface area contributed by atoms with Crippen molar-refractivity contribution in [3.05, 3.63) is 85.1 Å². The van der Waals surface area contributed by atoms with E-state index in [9.17, 15) is 36.6 Å². The fourth-order valence-corrected chi connectivity index (χ4v) is 7.16. The number of aromatic nitrogens is 4. The highest BCUT2D eigenvalue weighted by atomic mass is 32.1. The number of aryl methyl sites for hydroxylation is 1. The van der Waals surface area contributed by atoms with Gasteiger partial charge in [0.15, 0.2) is 6.29 Å². The maximum atomic E-state index is 13.8. The molecule has 0 spiro atoms. The molecule has 16 heteroatoms. The summed E-state index contributed by atoms with van der Waals surface area (Å²) in [6.07, 6.45) is -10.5. The van der Waals surface area contributed by atoms with Crippen LogP contribution in [0.5, 0.6) is 0 Å². The molecule has 0 bridgehead atoms. The molecular formula is C30H30F6N6O3S. The second-order valence-electron chi connectivity index (χ2n) is 11.4. The van der Waals surface area contributed by atoms with Crippen LogP contribution >= 0.6 is 11.3 Å². The van der Waals surface area contributed by atoms with Gasteiger partial charge >= 0.3 is 12.4 Å². The van der Waals surface area contributed by atoms with Crippen LogP contribution < -0.4 is 9.80 Å². The third-order valence-electron chi connectivity index (χ3n) is 8.30. The van der Waals surface area contributed by atoms with Crippen molar-refractivity contribution in [2.75, 3.05) is 16.3 Å². The number of aliphatic hydroxyl groups excluding tert-OH is 1. The number of ether oxygens (including phenoxy) is 1. The zero-order valence-corrected chi connectivity index (χ0v) is 25.5. The molecule has 2 N–H and O–H groups in total. The van der Waals surface area contributed by atoms with E-state index in [-0.39, 0.29) is 24.1 Å². The summed E-state index contributed by atoms with van der Waals surface area (Å²) < 4.78 is 88.4. The Morgan fingerprint density at radius 1 is 1.04 bits per heavy atom. The van der Waals surface area contributed by atoms with Gasteiger partial charge < -0.3 is 24.7 Å². The third-order valence-corrected chi connectivity index (χ3v) is 9.41. The van der Waals surface area contributed by atoms with Gasteiger partial charge in [0.2, 0.25) is 0 Å². The third kappa shape index (κ3) is 6.43. The summed E-state index contributed by atoms with van der Waals surface area (Å²) in [4.78, 5) is 6.28. The van der Waals surface area contributed by atoms with Gasteiger partial charge in [-0.1, -0.05) is 5.10 Å². The van der Waals surface area contributed by atoms with Gasteiger partial charge in [-0.15, -0.1) is 16.4 Å². The zero-order valence-electron chi connectivity index (χ0n) is 24.7. The molecule has 0 amide bonds. The summed E-state index contributed by atoms with van der Waals surface area (Å²) in [5.74, 6) is 0.0621. The Morgan fingerprint density at radius 2 is 1.76 bits per heavy atom. The SMILES string of the molecule is Cc1c2c(cc3c1N(Cc1ccc(C(O)O)s1)CCC[C@@H]3N(Cc1cc(C(F)(F)F)cc(C(F)(F)F)c1)c1nnn(C)n1)COC2. The lowest BCUT2D eigenvalue weighted by Gasteiger charge is -2.34.